The highest BCUT2D eigenvalue weighted by molar-refractivity contribution is 5.79. The minimum absolute atomic E-state index is 0.218. The number of nitrogens with one attached hydrogen (secondary N) is 2. The summed E-state index contributed by atoms with van der Waals surface area (Å²) in [5, 5.41) is 6.49. The first kappa shape index (κ1) is 18.8. The molecule has 0 aliphatic carbocycles. The Morgan fingerprint density at radius 2 is 1.84 bits per heavy atom. The highest BCUT2D eigenvalue weighted by atomic mass is 19.1. The van der Waals surface area contributed by atoms with Crippen molar-refractivity contribution in [1.29, 1.82) is 0 Å². The van der Waals surface area contributed by atoms with Gasteiger partial charge >= 0.3 is 0 Å². The molecule has 0 bridgehead atoms. The lowest BCUT2D eigenvalue weighted by molar-refractivity contribution is 0.624. The number of benzene rings is 2. The minimum atomic E-state index is -0.218. The molecule has 0 unspecified atom stereocenters. The first-order chi connectivity index (χ1) is 12.2. The zero-order valence-electron chi connectivity index (χ0n) is 15.0. The van der Waals surface area contributed by atoms with Gasteiger partial charge in [-0.3, -0.25) is 4.99 Å². The molecular weight excluding hydrogens is 315 g/mol. The van der Waals surface area contributed by atoms with Gasteiger partial charge in [-0.2, -0.15) is 0 Å². The number of aliphatic imine (C=N–C) groups is 1. The number of hydrogen-bond acceptors (Lipinski definition) is 2. The van der Waals surface area contributed by atoms with Crippen molar-refractivity contribution in [2.24, 2.45) is 4.99 Å². The molecule has 0 saturated heterocycles. The molecule has 2 aromatic rings. The van der Waals surface area contributed by atoms with E-state index < -0.39 is 0 Å². The van der Waals surface area contributed by atoms with Gasteiger partial charge in [0.25, 0.3) is 0 Å². The first-order valence-electron chi connectivity index (χ1n) is 8.64. The van der Waals surface area contributed by atoms with Crippen molar-refractivity contribution in [3.05, 3.63) is 66.0 Å². The van der Waals surface area contributed by atoms with E-state index in [0.717, 1.165) is 37.5 Å². The van der Waals surface area contributed by atoms with Crippen molar-refractivity contribution < 1.29 is 4.39 Å². The van der Waals surface area contributed by atoms with E-state index in [2.05, 4.69) is 51.8 Å². The molecule has 0 aliphatic rings. The van der Waals surface area contributed by atoms with E-state index in [9.17, 15) is 4.39 Å². The van der Waals surface area contributed by atoms with Crippen LogP contribution in [0.15, 0.2) is 59.6 Å². The molecule has 0 radical (unpaired) electrons. The lowest BCUT2D eigenvalue weighted by Gasteiger charge is -2.19. The van der Waals surface area contributed by atoms with E-state index in [4.69, 9.17) is 0 Å². The molecule has 134 valence electrons. The third-order valence-electron chi connectivity index (χ3n) is 3.98. The van der Waals surface area contributed by atoms with Gasteiger partial charge in [-0.05, 0) is 42.7 Å². The zero-order chi connectivity index (χ0) is 17.9. The molecule has 0 aromatic heterocycles. The predicted octanol–water partition coefficient (Wildman–Crippen LogP) is 3.41. The number of anilines is 1. The summed E-state index contributed by atoms with van der Waals surface area (Å²) >= 11 is 0. The molecule has 25 heavy (non-hydrogen) atoms. The third-order valence-corrected chi connectivity index (χ3v) is 3.98. The Morgan fingerprint density at radius 3 is 2.56 bits per heavy atom. The number of para-hydroxylation sites is 1. The molecule has 2 aromatic carbocycles. The van der Waals surface area contributed by atoms with Crippen molar-refractivity contribution in [3.63, 3.8) is 0 Å². The van der Waals surface area contributed by atoms with Crippen LogP contribution in [0.5, 0.6) is 0 Å². The largest absolute Gasteiger partial charge is 0.375 e. The predicted molar refractivity (Wildman–Crippen MR) is 104 cm³/mol. The number of nitrogens with zero attached hydrogens (tertiary/aromatic N) is 2. The second-order valence-corrected chi connectivity index (χ2v) is 5.95. The van der Waals surface area contributed by atoms with Crippen LogP contribution >= 0.6 is 0 Å². The van der Waals surface area contributed by atoms with Crippen LogP contribution < -0.4 is 15.5 Å². The first-order valence-corrected chi connectivity index (χ1v) is 8.64. The molecule has 4 nitrogen and oxygen atoms in total. The molecule has 0 amide bonds. The average molecular weight is 342 g/mol. The maximum Gasteiger partial charge on any atom is 0.191 e. The Hall–Kier alpha value is -2.56. The third kappa shape index (κ3) is 6.83. The summed E-state index contributed by atoms with van der Waals surface area (Å²) in [6.07, 6.45) is 2.15. The molecule has 0 atom stereocenters. The quantitative estimate of drug-likeness (QED) is 0.439. The van der Waals surface area contributed by atoms with Gasteiger partial charge in [0.05, 0.1) is 0 Å². The smallest absolute Gasteiger partial charge is 0.191 e. The number of halogens is 1. The topological polar surface area (TPSA) is 39.7 Å². The Morgan fingerprint density at radius 1 is 1.04 bits per heavy atom. The van der Waals surface area contributed by atoms with Gasteiger partial charge < -0.3 is 15.5 Å². The summed E-state index contributed by atoms with van der Waals surface area (Å²) < 4.78 is 13.2. The van der Waals surface area contributed by atoms with Crippen molar-refractivity contribution in [3.8, 4) is 0 Å². The Balaban J connectivity index is 1.63. The van der Waals surface area contributed by atoms with Gasteiger partial charge in [-0.25, -0.2) is 4.39 Å². The summed E-state index contributed by atoms with van der Waals surface area (Å²) in [5.41, 5.74) is 2.13. The molecule has 2 N–H and O–H groups in total. The van der Waals surface area contributed by atoms with Gasteiger partial charge in [0.1, 0.15) is 5.82 Å². The summed E-state index contributed by atoms with van der Waals surface area (Å²) in [6.45, 7) is 2.42. The second kappa shape index (κ2) is 10.3. The van der Waals surface area contributed by atoms with Gasteiger partial charge in [0.2, 0.25) is 0 Å². The zero-order valence-corrected chi connectivity index (χ0v) is 15.0. The van der Waals surface area contributed by atoms with Crippen LogP contribution in [0.25, 0.3) is 0 Å². The second-order valence-electron chi connectivity index (χ2n) is 5.95. The van der Waals surface area contributed by atoms with Crippen LogP contribution in [0.3, 0.4) is 0 Å². The van der Waals surface area contributed by atoms with Gasteiger partial charge in [-0.1, -0.05) is 30.3 Å². The van der Waals surface area contributed by atoms with Crippen LogP contribution in [-0.4, -0.2) is 33.1 Å². The number of guanidine groups is 1. The average Bonchev–Trinajstić information content (AvgIpc) is 2.64. The standard InChI is InChI=1S/C20H27FN4/c1-22-20(24-16-17-9-8-10-18(21)15-17)23-13-6-7-14-25(2)19-11-4-3-5-12-19/h3-5,8-12,15H,6-7,13-14,16H2,1-2H3,(H2,22,23,24). The van der Waals surface area contributed by atoms with Crippen LogP contribution in [0.1, 0.15) is 18.4 Å². The summed E-state index contributed by atoms with van der Waals surface area (Å²) in [4.78, 5) is 6.46. The highest BCUT2D eigenvalue weighted by Gasteiger charge is 2.01. The Bertz CT molecular complexity index is 658. The number of hydrogen-bond donors (Lipinski definition) is 2. The molecule has 0 aliphatic heterocycles. The van der Waals surface area contributed by atoms with E-state index in [-0.39, 0.29) is 5.82 Å². The van der Waals surface area contributed by atoms with Gasteiger partial charge in [-0.15, -0.1) is 0 Å². The van der Waals surface area contributed by atoms with E-state index in [1.807, 2.05) is 12.1 Å². The fourth-order valence-corrected chi connectivity index (χ4v) is 2.55. The maximum atomic E-state index is 13.2. The van der Waals surface area contributed by atoms with Crippen LogP contribution in [0.4, 0.5) is 10.1 Å². The molecule has 0 saturated carbocycles. The van der Waals surface area contributed by atoms with Crippen LogP contribution in [0, 0.1) is 5.82 Å². The SMILES string of the molecule is CN=C(NCCCCN(C)c1ccccc1)NCc1cccc(F)c1. The highest BCUT2D eigenvalue weighted by Crippen LogP contribution is 2.11. The summed E-state index contributed by atoms with van der Waals surface area (Å²) in [7, 11) is 3.85. The van der Waals surface area contributed by atoms with Gasteiger partial charge in [0, 0.05) is 39.4 Å². The Kier molecular flexibility index (Phi) is 7.76. The van der Waals surface area contributed by atoms with E-state index >= 15 is 0 Å². The molecular formula is C20H27FN4. The molecule has 0 heterocycles. The van der Waals surface area contributed by atoms with Crippen molar-refractivity contribution >= 4 is 11.6 Å². The lowest BCUT2D eigenvalue weighted by atomic mass is 10.2. The minimum Gasteiger partial charge on any atom is -0.375 e. The van der Waals surface area contributed by atoms with Crippen molar-refractivity contribution in [2.75, 3.05) is 32.1 Å². The fraction of sp³-hybridized carbons (Fsp3) is 0.350. The van der Waals surface area contributed by atoms with Crippen LogP contribution in [0.2, 0.25) is 0 Å². The monoisotopic (exact) mass is 342 g/mol. The fourth-order valence-electron chi connectivity index (χ4n) is 2.55. The summed E-state index contributed by atoms with van der Waals surface area (Å²) in [5.74, 6) is 0.519. The van der Waals surface area contributed by atoms with Crippen LogP contribution in [-0.2, 0) is 6.54 Å². The van der Waals surface area contributed by atoms with E-state index in [0.29, 0.717) is 6.54 Å². The van der Waals surface area contributed by atoms with E-state index in [1.54, 1.807) is 13.1 Å². The number of unbranched alkanes of at least 4 members (excludes halogenated alkanes) is 1. The van der Waals surface area contributed by atoms with Gasteiger partial charge in [0.15, 0.2) is 5.96 Å². The number of rotatable bonds is 8. The molecule has 2 rings (SSSR count). The lowest BCUT2D eigenvalue weighted by Crippen LogP contribution is -2.37. The van der Waals surface area contributed by atoms with E-state index in [1.165, 1.54) is 17.8 Å². The molecule has 0 spiro atoms. The molecule has 0 fully saturated rings. The van der Waals surface area contributed by atoms with Crippen molar-refractivity contribution in [2.45, 2.75) is 19.4 Å². The maximum absolute atomic E-state index is 13.2. The van der Waals surface area contributed by atoms with Crippen molar-refractivity contribution in [1.82, 2.24) is 10.6 Å². The molecule has 5 heteroatoms. The normalized spacial score (nSPS) is 11.2. The Labute approximate surface area is 149 Å². The summed E-state index contributed by atoms with van der Waals surface area (Å²) in [6, 6.07) is 17.0.